The summed E-state index contributed by atoms with van der Waals surface area (Å²) in [7, 11) is 1.12. The number of phosphoric acid groups is 1. The van der Waals surface area contributed by atoms with E-state index in [0.717, 1.165) is 32.1 Å². The van der Waals surface area contributed by atoms with Gasteiger partial charge in [0.05, 0.1) is 39.9 Å². The van der Waals surface area contributed by atoms with Gasteiger partial charge in [-0.2, -0.15) is 0 Å². The summed E-state index contributed by atoms with van der Waals surface area (Å²) in [6.45, 7) is 4.44. The van der Waals surface area contributed by atoms with Gasteiger partial charge >= 0.3 is 0 Å². The number of hydrogen-bond donors (Lipinski definition) is 3. The first-order valence-electron chi connectivity index (χ1n) is 29.8. The molecule has 0 rings (SSSR count). The van der Waals surface area contributed by atoms with Gasteiger partial charge in [0.15, 0.2) is 0 Å². The minimum absolute atomic E-state index is 0.0439. The normalized spacial score (nSPS) is 14.5. The van der Waals surface area contributed by atoms with Gasteiger partial charge in [-0.3, -0.25) is 9.36 Å². The molecule has 0 aliphatic heterocycles. The Balaban J connectivity index is 4.04. The molecule has 0 saturated carbocycles. The van der Waals surface area contributed by atoms with Crippen LogP contribution in [0, 0.1) is 0 Å². The second-order valence-electron chi connectivity index (χ2n) is 21.8. The highest BCUT2D eigenvalue weighted by Crippen LogP contribution is 2.38. The zero-order chi connectivity index (χ0) is 50.8. The van der Waals surface area contributed by atoms with Crippen LogP contribution in [-0.2, 0) is 18.4 Å². The number of rotatable bonds is 55. The molecule has 0 fully saturated rings. The summed E-state index contributed by atoms with van der Waals surface area (Å²) in [5, 5.41) is 24.7. The molecule has 0 bridgehead atoms. The third-order valence-corrected chi connectivity index (χ3v) is 14.7. The number of nitrogens with one attached hydrogen (secondary N) is 1. The number of likely N-dealkylation sites (N-methyl/N-ethyl adjacent to an activating group) is 1. The van der Waals surface area contributed by atoms with Crippen molar-refractivity contribution in [3.05, 3.63) is 24.3 Å². The van der Waals surface area contributed by atoms with Crippen LogP contribution in [0.4, 0.5) is 0 Å². The summed E-state index contributed by atoms with van der Waals surface area (Å²) in [5.74, 6) is -0.283. The number of carbonyl (C=O) groups is 1. The Morgan fingerprint density at radius 1 is 0.507 bits per heavy atom. The number of carbonyl (C=O) groups excluding carboxylic acids is 1. The minimum Gasteiger partial charge on any atom is -0.756 e. The van der Waals surface area contributed by atoms with E-state index >= 15 is 0 Å². The Hall–Kier alpha value is -1.06. The quantitative estimate of drug-likeness (QED) is 0.0240. The van der Waals surface area contributed by atoms with Crippen molar-refractivity contribution in [2.75, 3.05) is 40.9 Å². The predicted molar refractivity (Wildman–Crippen MR) is 295 cm³/mol. The first-order chi connectivity index (χ1) is 33.4. The summed E-state index contributed by atoms with van der Waals surface area (Å²) in [6, 6.07) is -1.09. The van der Waals surface area contributed by atoms with Crippen LogP contribution in [0.1, 0.15) is 290 Å². The fourth-order valence-electron chi connectivity index (χ4n) is 9.02. The van der Waals surface area contributed by atoms with Crippen LogP contribution in [0.15, 0.2) is 24.3 Å². The van der Waals surface area contributed by atoms with Crippen molar-refractivity contribution >= 4 is 13.7 Å². The lowest BCUT2D eigenvalue weighted by atomic mass is 10.0. The molecule has 0 radical (unpaired) electrons. The molecule has 0 heterocycles. The standard InChI is InChI=1S/C59H117N2O7P/c1-6-8-10-12-14-16-18-20-21-22-23-24-25-26-27-28-29-30-31-32-33-34-35-36-37-38-39-40-42-44-46-48-50-52-58(63)60-56(55-68-69(65,66)67-54-53-61(3,4)5)59(64)57(62)51-49-47-45-43-41-19-17-15-13-11-9-7-2/h22-23,43,45,56-57,59,62,64H,6-21,24-42,44,46-55H2,1-5H3,(H-,60,63,65,66)/b23-22-,45-43+. The maximum atomic E-state index is 13.0. The molecule has 69 heavy (non-hydrogen) atoms. The molecule has 0 aliphatic rings. The van der Waals surface area contributed by atoms with Gasteiger partial charge in [-0.1, -0.05) is 244 Å². The van der Waals surface area contributed by atoms with Gasteiger partial charge in [0.2, 0.25) is 5.91 Å². The van der Waals surface area contributed by atoms with Crippen molar-refractivity contribution in [3.63, 3.8) is 0 Å². The smallest absolute Gasteiger partial charge is 0.268 e. The van der Waals surface area contributed by atoms with Crippen LogP contribution in [0.5, 0.6) is 0 Å². The first kappa shape index (κ1) is 67.9. The number of allylic oxidation sites excluding steroid dienone is 4. The molecular formula is C59H117N2O7P. The van der Waals surface area contributed by atoms with E-state index in [-0.39, 0.29) is 18.9 Å². The molecule has 9 nitrogen and oxygen atoms in total. The number of phosphoric ester groups is 1. The van der Waals surface area contributed by atoms with Crippen molar-refractivity contribution in [1.29, 1.82) is 0 Å². The van der Waals surface area contributed by atoms with Crippen LogP contribution < -0.4 is 10.2 Å². The molecule has 0 aromatic carbocycles. The Morgan fingerprint density at radius 3 is 1.17 bits per heavy atom. The number of hydrogen-bond acceptors (Lipinski definition) is 7. The van der Waals surface area contributed by atoms with E-state index in [0.29, 0.717) is 23.9 Å². The molecule has 4 atom stereocenters. The van der Waals surface area contributed by atoms with E-state index in [2.05, 4.69) is 43.5 Å². The molecule has 0 saturated heterocycles. The molecule has 0 spiro atoms. The lowest BCUT2D eigenvalue weighted by Crippen LogP contribution is -2.51. The molecule has 3 N–H and O–H groups in total. The number of quaternary nitrogens is 1. The fourth-order valence-corrected chi connectivity index (χ4v) is 9.74. The maximum absolute atomic E-state index is 13.0. The maximum Gasteiger partial charge on any atom is 0.268 e. The first-order valence-corrected chi connectivity index (χ1v) is 31.2. The van der Waals surface area contributed by atoms with Crippen LogP contribution in [0.25, 0.3) is 0 Å². The zero-order valence-electron chi connectivity index (χ0n) is 46.4. The third-order valence-electron chi connectivity index (χ3n) is 13.8. The van der Waals surface area contributed by atoms with Crippen molar-refractivity contribution < 1.29 is 38.0 Å². The van der Waals surface area contributed by atoms with Gasteiger partial charge < -0.3 is 34.0 Å². The summed E-state index contributed by atoms with van der Waals surface area (Å²) in [4.78, 5) is 25.5. The monoisotopic (exact) mass is 997 g/mol. The second kappa shape index (κ2) is 50.5. The highest BCUT2D eigenvalue weighted by molar-refractivity contribution is 7.45. The van der Waals surface area contributed by atoms with Gasteiger partial charge in [0.25, 0.3) is 7.82 Å². The largest absolute Gasteiger partial charge is 0.756 e. The molecular weight excluding hydrogens is 880 g/mol. The third kappa shape index (κ3) is 51.6. The van der Waals surface area contributed by atoms with Gasteiger partial charge in [0.1, 0.15) is 19.3 Å². The average Bonchev–Trinajstić information content (AvgIpc) is 3.31. The number of aliphatic hydroxyl groups excluding tert-OH is 2. The second-order valence-corrected chi connectivity index (χ2v) is 23.2. The number of unbranched alkanes of at least 4 members (excludes halogenated alkanes) is 37. The molecule has 4 unspecified atom stereocenters. The topological polar surface area (TPSA) is 128 Å². The van der Waals surface area contributed by atoms with Gasteiger partial charge in [-0.15, -0.1) is 0 Å². The number of aliphatic hydroxyl groups is 2. The SMILES string of the molecule is CCCCCCCCC/C=C/CCCC(O)C(O)C(COP(=O)([O-])OCC[N+](C)(C)C)NC(=O)CCCCCCCCCCCCCCCCCCCCCCC/C=C\CCCCCCCCCC. The highest BCUT2D eigenvalue weighted by atomic mass is 31.2. The van der Waals surface area contributed by atoms with Crippen LogP contribution >= 0.6 is 7.82 Å². The molecule has 410 valence electrons. The molecule has 1 amide bonds. The Labute approximate surface area is 428 Å². The lowest BCUT2D eigenvalue weighted by Gasteiger charge is -2.31. The Morgan fingerprint density at radius 2 is 0.826 bits per heavy atom. The van der Waals surface area contributed by atoms with Crippen molar-refractivity contribution in [1.82, 2.24) is 5.32 Å². The van der Waals surface area contributed by atoms with E-state index in [1.807, 2.05) is 21.1 Å². The summed E-state index contributed by atoms with van der Waals surface area (Å²) in [6.07, 6.45) is 59.8. The van der Waals surface area contributed by atoms with E-state index in [1.54, 1.807) is 0 Å². The fraction of sp³-hybridized carbons (Fsp3) is 0.915. The summed E-state index contributed by atoms with van der Waals surface area (Å²) < 4.78 is 23.2. The minimum atomic E-state index is -4.68. The van der Waals surface area contributed by atoms with Crippen LogP contribution in [-0.4, -0.2) is 79.8 Å². The molecule has 0 aromatic heterocycles. The van der Waals surface area contributed by atoms with Crippen molar-refractivity contribution in [2.45, 2.75) is 308 Å². The average molecular weight is 998 g/mol. The van der Waals surface area contributed by atoms with Gasteiger partial charge in [0, 0.05) is 6.42 Å². The highest BCUT2D eigenvalue weighted by Gasteiger charge is 2.29. The molecule has 0 aromatic rings. The summed E-state index contributed by atoms with van der Waals surface area (Å²) in [5.41, 5.74) is 0. The number of amides is 1. The van der Waals surface area contributed by atoms with E-state index < -0.39 is 32.7 Å². The molecule has 0 aliphatic carbocycles. The van der Waals surface area contributed by atoms with Crippen LogP contribution in [0.2, 0.25) is 0 Å². The van der Waals surface area contributed by atoms with E-state index in [1.165, 1.54) is 225 Å². The van der Waals surface area contributed by atoms with Crippen molar-refractivity contribution in [3.8, 4) is 0 Å². The van der Waals surface area contributed by atoms with Gasteiger partial charge in [-0.05, 0) is 64.2 Å². The molecule has 10 heteroatoms. The number of nitrogens with zero attached hydrogens (tertiary/aromatic N) is 1. The lowest BCUT2D eigenvalue weighted by molar-refractivity contribution is -0.870. The van der Waals surface area contributed by atoms with E-state index in [4.69, 9.17) is 9.05 Å². The Bertz CT molecular complexity index is 1190. The summed E-state index contributed by atoms with van der Waals surface area (Å²) >= 11 is 0. The zero-order valence-corrected chi connectivity index (χ0v) is 47.3. The van der Waals surface area contributed by atoms with Crippen molar-refractivity contribution in [2.24, 2.45) is 0 Å². The Kier molecular flexibility index (Phi) is 49.7. The van der Waals surface area contributed by atoms with E-state index in [9.17, 15) is 24.5 Å². The predicted octanol–water partition coefficient (Wildman–Crippen LogP) is 16.3. The van der Waals surface area contributed by atoms with Crippen LogP contribution in [0.3, 0.4) is 0 Å². The van der Waals surface area contributed by atoms with Gasteiger partial charge in [-0.25, -0.2) is 0 Å².